The van der Waals surface area contributed by atoms with Crippen molar-refractivity contribution < 1.29 is 4.79 Å². The van der Waals surface area contributed by atoms with Crippen molar-refractivity contribution in [2.24, 2.45) is 0 Å². The third kappa shape index (κ3) is 3.19. The van der Waals surface area contributed by atoms with E-state index in [0.717, 1.165) is 36.6 Å². The Morgan fingerprint density at radius 2 is 1.93 bits per heavy atom. The Balaban J connectivity index is 1.32. The summed E-state index contributed by atoms with van der Waals surface area (Å²) in [7, 11) is 0. The number of hydrogen-bond donors (Lipinski definition) is 1. The number of aromatic amines is 1. The maximum Gasteiger partial charge on any atom is 0.257 e. The lowest BCUT2D eigenvalue weighted by atomic mass is 9.89. The van der Waals surface area contributed by atoms with Crippen molar-refractivity contribution in [1.82, 2.24) is 29.7 Å². The number of fused-ring (bicyclic) bond motifs is 1. The van der Waals surface area contributed by atoms with Gasteiger partial charge in [-0.2, -0.15) is 10.2 Å². The second-order valence-electron chi connectivity index (χ2n) is 8.09. The number of pyridine rings is 1. The lowest BCUT2D eigenvalue weighted by molar-refractivity contribution is 0.0706. The number of nitrogens with one attached hydrogen (secondary N) is 1. The van der Waals surface area contributed by atoms with Gasteiger partial charge in [0.25, 0.3) is 5.91 Å². The summed E-state index contributed by atoms with van der Waals surface area (Å²) >= 11 is 0. The van der Waals surface area contributed by atoms with Crippen molar-refractivity contribution >= 4 is 11.4 Å². The molecule has 7 nitrogen and oxygen atoms in total. The second kappa shape index (κ2) is 7.37. The summed E-state index contributed by atoms with van der Waals surface area (Å²) in [6.07, 6.45) is 11.9. The first-order valence-electron chi connectivity index (χ1n) is 10.4. The van der Waals surface area contributed by atoms with Gasteiger partial charge in [0.15, 0.2) is 5.82 Å². The first kappa shape index (κ1) is 17.4. The van der Waals surface area contributed by atoms with Crippen LogP contribution in [0, 0.1) is 0 Å². The molecule has 0 aromatic carbocycles. The molecule has 7 heteroatoms. The summed E-state index contributed by atoms with van der Waals surface area (Å²) in [6, 6.07) is 5.79. The Kier molecular flexibility index (Phi) is 4.58. The van der Waals surface area contributed by atoms with Gasteiger partial charge in [0.05, 0.1) is 17.3 Å². The topological polar surface area (TPSA) is 79.2 Å². The van der Waals surface area contributed by atoms with Crippen LogP contribution >= 0.6 is 0 Å². The molecular weight excluding hydrogens is 352 g/mol. The molecule has 5 rings (SSSR count). The second-order valence-corrected chi connectivity index (χ2v) is 8.09. The molecule has 0 spiro atoms. The molecule has 146 valence electrons. The number of likely N-dealkylation sites (tertiary alicyclic amines) is 1. The Morgan fingerprint density at radius 3 is 2.82 bits per heavy atom. The minimum absolute atomic E-state index is 0.0499. The van der Waals surface area contributed by atoms with Crippen molar-refractivity contribution in [3.05, 3.63) is 47.8 Å². The van der Waals surface area contributed by atoms with E-state index in [1.165, 1.54) is 32.1 Å². The molecule has 2 aliphatic rings. The van der Waals surface area contributed by atoms with Gasteiger partial charge in [0.1, 0.15) is 5.82 Å². The van der Waals surface area contributed by atoms with Gasteiger partial charge in [0.2, 0.25) is 0 Å². The fraction of sp³-hybridized carbons (Fsp3) is 0.524. The molecule has 3 aromatic heterocycles. The number of piperidine rings is 1. The number of carbonyl (C=O) groups is 1. The predicted octanol–water partition coefficient (Wildman–Crippen LogP) is 3.52. The van der Waals surface area contributed by atoms with Crippen molar-refractivity contribution in [3.8, 4) is 0 Å². The summed E-state index contributed by atoms with van der Waals surface area (Å²) in [6.45, 7) is 1.45. The Hall–Kier alpha value is -2.70. The molecule has 1 saturated carbocycles. The largest absolute Gasteiger partial charge is 0.338 e. The third-order valence-electron chi connectivity index (χ3n) is 6.24. The van der Waals surface area contributed by atoms with E-state index in [0.29, 0.717) is 18.0 Å². The van der Waals surface area contributed by atoms with Crippen molar-refractivity contribution in [1.29, 1.82) is 0 Å². The average molecular weight is 378 g/mol. The van der Waals surface area contributed by atoms with E-state index in [2.05, 4.69) is 15.3 Å². The van der Waals surface area contributed by atoms with Gasteiger partial charge in [0, 0.05) is 31.1 Å². The highest BCUT2D eigenvalue weighted by Crippen LogP contribution is 2.32. The molecule has 1 unspecified atom stereocenters. The maximum absolute atomic E-state index is 13.1. The Bertz CT molecular complexity index is 970. The van der Waals surface area contributed by atoms with Crippen molar-refractivity contribution in [2.75, 3.05) is 13.1 Å². The minimum Gasteiger partial charge on any atom is -0.338 e. The van der Waals surface area contributed by atoms with Crippen LogP contribution in [0.15, 0.2) is 30.6 Å². The lowest BCUT2D eigenvalue weighted by Crippen LogP contribution is -2.39. The van der Waals surface area contributed by atoms with Gasteiger partial charge in [-0.25, -0.2) is 9.50 Å². The fourth-order valence-corrected chi connectivity index (χ4v) is 4.67. The summed E-state index contributed by atoms with van der Waals surface area (Å²) in [5, 5.41) is 12.0. The van der Waals surface area contributed by atoms with Gasteiger partial charge >= 0.3 is 0 Å². The Morgan fingerprint density at radius 1 is 1.07 bits per heavy atom. The van der Waals surface area contributed by atoms with E-state index in [9.17, 15) is 4.79 Å². The lowest BCUT2D eigenvalue weighted by Gasteiger charge is -2.31. The minimum atomic E-state index is 0.0499. The molecule has 3 aromatic rings. The molecule has 1 aliphatic carbocycles. The quantitative estimate of drug-likeness (QED) is 0.756. The number of carbonyl (C=O) groups excluding carboxylic acids is 1. The number of amides is 1. The standard InChI is InChI=1S/C21H26N6O/c28-21(17-13-22-27-12-5-4-10-18(17)27)26-11-6-9-16(14-26)20-23-19(24-25-20)15-7-2-1-3-8-15/h4-5,10,12-13,15-16H,1-3,6-9,11,14H2,(H,23,24,25). The van der Waals surface area contributed by atoms with Gasteiger partial charge < -0.3 is 4.90 Å². The summed E-state index contributed by atoms with van der Waals surface area (Å²) in [4.78, 5) is 19.9. The van der Waals surface area contributed by atoms with E-state index in [4.69, 9.17) is 4.98 Å². The normalized spacial score (nSPS) is 21.3. The zero-order chi connectivity index (χ0) is 18.9. The maximum atomic E-state index is 13.1. The zero-order valence-corrected chi connectivity index (χ0v) is 16.0. The smallest absolute Gasteiger partial charge is 0.257 e. The third-order valence-corrected chi connectivity index (χ3v) is 6.24. The van der Waals surface area contributed by atoms with Crippen LogP contribution in [-0.4, -0.2) is 48.7 Å². The number of aromatic nitrogens is 5. The zero-order valence-electron chi connectivity index (χ0n) is 16.0. The van der Waals surface area contributed by atoms with E-state index in [1.807, 2.05) is 29.3 Å². The van der Waals surface area contributed by atoms with E-state index < -0.39 is 0 Å². The number of H-pyrrole nitrogens is 1. The molecule has 28 heavy (non-hydrogen) atoms. The predicted molar refractivity (Wildman–Crippen MR) is 105 cm³/mol. The van der Waals surface area contributed by atoms with Gasteiger partial charge in [-0.15, -0.1) is 0 Å². The highest BCUT2D eigenvalue weighted by molar-refractivity contribution is 6.00. The fourth-order valence-electron chi connectivity index (χ4n) is 4.67. The van der Waals surface area contributed by atoms with Crippen LogP contribution in [0.1, 0.15) is 78.8 Å². The highest BCUT2D eigenvalue weighted by atomic mass is 16.2. The van der Waals surface area contributed by atoms with Crippen molar-refractivity contribution in [3.63, 3.8) is 0 Å². The van der Waals surface area contributed by atoms with Crippen LogP contribution in [0.5, 0.6) is 0 Å². The van der Waals surface area contributed by atoms with Crippen LogP contribution < -0.4 is 0 Å². The monoisotopic (exact) mass is 378 g/mol. The SMILES string of the molecule is O=C(c1cnn2ccccc12)N1CCCC(c2n[nH]c(C3CCCCC3)n2)C1. The van der Waals surface area contributed by atoms with Crippen molar-refractivity contribution in [2.45, 2.75) is 56.8 Å². The van der Waals surface area contributed by atoms with Crippen LogP contribution in [-0.2, 0) is 0 Å². The summed E-state index contributed by atoms with van der Waals surface area (Å²) < 4.78 is 1.75. The molecule has 4 heterocycles. The number of hydrogen-bond acceptors (Lipinski definition) is 4. The Labute approximate surface area is 164 Å². The number of nitrogens with zero attached hydrogens (tertiary/aromatic N) is 5. The van der Waals surface area contributed by atoms with Crippen LogP contribution in [0.2, 0.25) is 0 Å². The van der Waals surface area contributed by atoms with E-state index in [-0.39, 0.29) is 11.8 Å². The molecule has 2 fully saturated rings. The van der Waals surface area contributed by atoms with E-state index >= 15 is 0 Å². The van der Waals surface area contributed by atoms with Crippen LogP contribution in [0.25, 0.3) is 5.52 Å². The van der Waals surface area contributed by atoms with E-state index in [1.54, 1.807) is 10.7 Å². The molecule has 1 saturated heterocycles. The molecule has 0 bridgehead atoms. The average Bonchev–Trinajstić information content (AvgIpc) is 3.42. The van der Waals surface area contributed by atoms with Gasteiger partial charge in [-0.05, 0) is 37.8 Å². The molecule has 1 N–H and O–H groups in total. The van der Waals surface area contributed by atoms with Crippen LogP contribution in [0.4, 0.5) is 0 Å². The first-order chi connectivity index (χ1) is 13.8. The molecule has 1 atom stereocenters. The molecule has 1 amide bonds. The van der Waals surface area contributed by atoms with Gasteiger partial charge in [-0.3, -0.25) is 9.89 Å². The van der Waals surface area contributed by atoms with Gasteiger partial charge in [-0.1, -0.05) is 25.3 Å². The summed E-state index contributed by atoms with van der Waals surface area (Å²) in [5.74, 6) is 2.69. The molecule has 0 radical (unpaired) electrons. The van der Waals surface area contributed by atoms with Crippen LogP contribution in [0.3, 0.4) is 0 Å². The molecular formula is C21H26N6O. The summed E-state index contributed by atoms with van der Waals surface area (Å²) in [5.41, 5.74) is 1.52. The first-order valence-corrected chi connectivity index (χ1v) is 10.4. The molecule has 1 aliphatic heterocycles. The highest BCUT2D eigenvalue weighted by Gasteiger charge is 2.30. The number of rotatable bonds is 3.